The molecule has 0 radical (unpaired) electrons. The van der Waals surface area contributed by atoms with E-state index in [1.54, 1.807) is 6.92 Å². The highest BCUT2D eigenvalue weighted by Crippen LogP contribution is 2.56. The maximum atomic E-state index is 12.8. The first-order valence-electron chi connectivity index (χ1n) is 8.12. The molecule has 2 rings (SSSR count). The highest BCUT2D eigenvalue weighted by molar-refractivity contribution is 6.10. The lowest BCUT2D eigenvalue weighted by Crippen LogP contribution is -2.45. The minimum Gasteiger partial charge on any atom is -0.504 e. The molecule has 0 heterocycles. The van der Waals surface area contributed by atoms with Gasteiger partial charge in [-0.15, -0.1) is 0 Å². The molecule has 1 saturated carbocycles. The van der Waals surface area contributed by atoms with Gasteiger partial charge in [0.1, 0.15) is 0 Å². The summed E-state index contributed by atoms with van der Waals surface area (Å²) in [5, 5.41) is 10.1. The molecule has 1 fully saturated rings. The molecule has 0 amide bonds. The SMILES string of the molecule is CCOC(=O)[C@]12CCC(=O)/C(=C(/O)C(C)=O)C1=CC[C@@H]2C(C)C. The number of ketones is 2. The van der Waals surface area contributed by atoms with Crippen LogP contribution in [0.15, 0.2) is 23.0 Å². The molecule has 5 nitrogen and oxygen atoms in total. The van der Waals surface area contributed by atoms with E-state index in [9.17, 15) is 19.5 Å². The molecular formula is C18H24O5. The van der Waals surface area contributed by atoms with Gasteiger partial charge in [-0.2, -0.15) is 0 Å². The lowest BCUT2D eigenvalue weighted by molar-refractivity contribution is -0.157. The van der Waals surface area contributed by atoms with E-state index < -0.39 is 17.0 Å². The number of carbonyl (C=O) groups excluding carboxylic acids is 3. The zero-order chi connectivity index (χ0) is 17.4. The quantitative estimate of drug-likeness (QED) is 0.489. The molecule has 0 aliphatic heterocycles. The van der Waals surface area contributed by atoms with Crippen LogP contribution in [-0.4, -0.2) is 29.2 Å². The van der Waals surface area contributed by atoms with Crippen molar-refractivity contribution in [3.05, 3.63) is 23.0 Å². The molecule has 0 unspecified atom stereocenters. The van der Waals surface area contributed by atoms with Crippen LogP contribution in [0.25, 0.3) is 0 Å². The molecule has 2 aliphatic rings. The predicted octanol–water partition coefficient (Wildman–Crippen LogP) is 2.90. The van der Waals surface area contributed by atoms with Crippen LogP contribution in [0, 0.1) is 17.3 Å². The van der Waals surface area contributed by atoms with E-state index in [-0.39, 0.29) is 42.2 Å². The number of fused-ring (bicyclic) bond motifs is 1. The van der Waals surface area contributed by atoms with Crippen molar-refractivity contribution in [2.45, 2.75) is 47.0 Å². The third kappa shape index (κ3) is 2.62. The zero-order valence-electron chi connectivity index (χ0n) is 14.1. The molecule has 0 spiro atoms. The van der Waals surface area contributed by atoms with Crippen LogP contribution in [0.4, 0.5) is 0 Å². The number of esters is 1. The van der Waals surface area contributed by atoms with Gasteiger partial charge in [-0.25, -0.2) is 0 Å². The van der Waals surface area contributed by atoms with Gasteiger partial charge in [0.05, 0.1) is 17.6 Å². The first kappa shape index (κ1) is 17.4. The van der Waals surface area contributed by atoms with Crippen LogP contribution in [0.2, 0.25) is 0 Å². The fraction of sp³-hybridized carbons (Fsp3) is 0.611. The van der Waals surface area contributed by atoms with Gasteiger partial charge in [-0.3, -0.25) is 14.4 Å². The lowest BCUT2D eigenvalue weighted by Gasteiger charge is -2.41. The van der Waals surface area contributed by atoms with Crippen LogP contribution in [-0.2, 0) is 19.1 Å². The van der Waals surface area contributed by atoms with Gasteiger partial charge < -0.3 is 9.84 Å². The van der Waals surface area contributed by atoms with Gasteiger partial charge >= 0.3 is 5.97 Å². The van der Waals surface area contributed by atoms with Crippen molar-refractivity contribution in [1.82, 2.24) is 0 Å². The van der Waals surface area contributed by atoms with Gasteiger partial charge in [0.15, 0.2) is 17.3 Å². The van der Waals surface area contributed by atoms with Crippen molar-refractivity contribution in [1.29, 1.82) is 0 Å². The summed E-state index contributed by atoms with van der Waals surface area (Å²) in [6.45, 7) is 7.28. The first-order valence-corrected chi connectivity index (χ1v) is 8.12. The average Bonchev–Trinajstić information content (AvgIpc) is 2.87. The van der Waals surface area contributed by atoms with Crippen LogP contribution in [0.5, 0.6) is 0 Å². The van der Waals surface area contributed by atoms with E-state index >= 15 is 0 Å². The second-order valence-electron chi connectivity index (χ2n) is 6.60. The maximum absolute atomic E-state index is 12.8. The first-order chi connectivity index (χ1) is 10.8. The highest BCUT2D eigenvalue weighted by Gasteiger charge is 2.57. The van der Waals surface area contributed by atoms with Crippen LogP contribution in [0.3, 0.4) is 0 Å². The van der Waals surface area contributed by atoms with Crippen molar-refractivity contribution in [3.8, 4) is 0 Å². The summed E-state index contributed by atoms with van der Waals surface area (Å²) in [7, 11) is 0. The standard InChI is InChI=1S/C18H24O5/c1-5-23-17(22)18-9-8-14(20)15(16(21)11(4)19)13(18)7-6-12(18)10(2)3/h7,10,12,21H,5-6,8-9H2,1-4H3/b16-15+/t12-,18+/m1/s1. The second-order valence-corrected chi connectivity index (χ2v) is 6.60. The van der Waals surface area contributed by atoms with E-state index in [4.69, 9.17) is 4.74 Å². The minimum atomic E-state index is -0.934. The Kier molecular flexibility index (Phi) is 4.78. The third-order valence-electron chi connectivity index (χ3n) is 5.00. The molecule has 2 aliphatic carbocycles. The Morgan fingerprint density at radius 1 is 1.43 bits per heavy atom. The summed E-state index contributed by atoms with van der Waals surface area (Å²) in [4.78, 5) is 36.7. The summed E-state index contributed by atoms with van der Waals surface area (Å²) in [5.41, 5.74) is -0.435. The molecule has 0 aromatic heterocycles. The van der Waals surface area contributed by atoms with Gasteiger partial charge in [0, 0.05) is 13.3 Å². The molecule has 5 heteroatoms. The Morgan fingerprint density at radius 3 is 2.61 bits per heavy atom. The van der Waals surface area contributed by atoms with Gasteiger partial charge in [-0.1, -0.05) is 19.9 Å². The van der Waals surface area contributed by atoms with Crippen molar-refractivity contribution < 1.29 is 24.2 Å². The van der Waals surface area contributed by atoms with E-state index in [1.807, 2.05) is 19.9 Å². The molecule has 0 aromatic carbocycles. The number of aliphatic hydroxyl groups excluding tert-OH is 1. The largest absolute Gasteiger partial charge is 0.504 e. The number of hydrogen-bond acceptors (Lipinski definition) is 5. The number of aliphatic hydroxyl groups is 1. The summed E-state index contributed by atoms with van der Waals surface area (Å²) < 4.78 is 5.31. The summed E-state index contributed by atoms with van der Waals surface area (Å²) >= 11 is 0. The molecule has 126 valence electrons. The number of rotatable bonds is 4. The van der Waals surface area contributed by atoms with Crippen LogP contribution < -0.4 is 0 Å². The number of ether oxygens (including phenoxy) is 1. The molecule has 0 bridgehead atoms. The van der Waals surface area contributed by atoms with Gasteiger partial charge in [0.2, 0.25) is 0 Å². The Bertz CT molecular complexity index is 611. The lowest BCUT2D eigenvalue weighted by atomic mass is 9.61. The van der Waals surface area contributed by atoms with Crippen molar-refractivity contribution in [2.24, 2.45) is 17.3 Å². The minimum absolute atomic E-state index is 0.000548. The summed E-state index contributed by atoms with van der Waals surface area (Å²) in [5.74, 6) is -1.54. The number of hydrogen-bond donors (Lipinski definition) is 1. The van der Waals surface area contributed by atoms with E-state index in [1.165, 1.54) is 6.92 Å². The fourth-order valence-corrected chi connectivity index (χ4v) is 3.96. The number of carbonyl (C=O) groups is 3. The third-order valence-corrected chi connectivity index (χ3v) is 5.00. The zero-order valence-corrected chi connectivity index (χ0v) is 14.1. The van der Waals surface area contributed by atoms with Gasteiger partial charge in [-0.05, 0) is 37.2 Å². The molecule has 0 saturated heterocycles. The van der Waals surface area contributed by atoms with Crippen molar-refractivity contribution in [3.63, 3.8) is 0 Å². The topological polar surface area (TPSA) is 80.7 Å². The maximum Gasteiger partial charge on any atom is 0.316 e. The van der Waals surface area contributed by atoms with E-state index in [0.29, 0.717) is 18.4 Å². The van der Waals surface area contributed by atoms with Gasteiger partial charge in [0.25, 0.3) is 0 Å². The van der Waals surface area contributed by atoms with E-state index in [0.717, 1.165) is 0 Å². The number of Topliss-reactive ketones (excluding diaryl/α,β-unsaturated/α-hetero) is 2. The summed E-state index contributed by atoms with van der Waals surface area (Å²) in [6.07, 6.45) is 2.96. The predicted molar refractivity (Wildman–Crippen MR) is 84.7 cm³/mol. The summed E-state index contributed by atoms with van der Waals surface area (Å²) in [6, 6.07) is 0. The number of allylic oxidation sites excluding steroid dienone is 3. The normalized spacial score (nSPS) is 29.2. The molecule has 2 atom stereocenters. The molecule has 1 N–H and O–H groups in total. The van der Waals surface area contributed by atoms with Crippen LogP contribution in [0.1, 0.15) is 47.0 Å². The fourth-order valence-electron chi connectivity index (χ4n) is 3.96. The molecule has 0 aromatic rings. The van der Waals surface area contributed by atoms with Crippen LogP contribution >= 0.6 is 0 Å². The molecular weight excluding hydrogens is 296 g/mol. The molecule has 23 heavy (non-hydrogen) atoms. The van der Waals surface area contributed by atoms with E-state index in [2.05, 4.69) is 0 Å². The Morgan fingerprint density at radius 2 is 2.09 bits per heavy atom. The second kappa shape index (κ2) is 6.30. The monoisotopic (exact) mass is 320 g/mol. The van der Waals surface area contributed by atoms with Crippen molar-refractivity contribution in [2.75, 3.05) is 6.61 Å². The van der Waals surface area contributed by atoms with Crippen molar-refractivity contribution >= 4 is 17.5 Å². The average molecular weight is 320 g/mol. The smallest absolute Gasteiger partial charge is 0.316 e. The Hall–Kier alpha value is -1.91. The Labute approximate surface area is 136 Å². The highest BCUT2D eigenvalue weighted by atomic mass is 16.5. The Balaban J connectivity index is 2.63.